The van der Waals surface area contributed by atoms with Gasteiger partial charge in [-0.25, -0.2) is 0 Å². The quantitative estimate of drug-likeness (QED) is 0.0293. The molecule has 3 aliphatic rings. The maximum Gasteiger partial charge on any atom is 0.227 e. The summed E-state index contributed by atoms with van der Waals surface area (Å²) in [5.41, 5.74) is 4.02. The Kier molecular flexibility index (Phi) is 28.6. The lowest BCUT2D eigenvalue weighted by atomic mass is 9.84. The molecule has 14 N–H and O–H groups in total. The van der Waals surface area contributed by atoms with Gasteiger partial charge in [0, 0.05) is 61.8 Å². The second kappa shape index (κ2) is 32.7. The molecule has 0 spiro atoms. The molecule has 27 nitrogen and oxygen atoms in total. The van der Waals surface area contributed by atoms with E-state index in [2.05, 4.69) is 21.7 Å². The normalized spacial score (nSPS) is 28.3. The molecule has 0 radical (unpaired) electrons. The number of quaternary nitrogens is 1. The van der Waals surface area contributed by atoms with Crippen LogP contribution in [0.5, 0.6) is 0 Å². The molecule has 82 heavy (non-hydrogen) atoms. The van der Waals surface area contributed by atoms with Gasteiger partial charge in [-0.2, -0.15) is 0 Å². The van der Waals surface area contributed by atoms with Crippen LogP contribution in [-0.4, -0.2) is 223 Å². The number of nitrogens with zero attached hydrogens (tertiary/aromatic N) is 1. The molecule has 4 amide bonds. The molecule has 20 atom stereocenters. The van der Waals surface area contributed by atoms with Crippen LogP contribution in [0.25, 0.3) is 0 Å². The average Bonchev–Trinajstić information content (AvgIpc) is 4.04. The van der Waals surface area contributed by atoms with Crippen LogP contribution in [0.15, 0.2) is 0 Å². The third-order valence-corrected chi connectivity index (χ3v) is 16.1. The number of amides is 4. The van der Waals surface area contributed by atoms with E-state index in [0.29, 0.717) is 6.42 Å². The Balaban J connectivity index is 1.64. The van der Waals surface area contributed by atoms with E-state index in [1.54, 1.807) is 62.3 Å². The SMILES string of the molecule is CC(CC(=O)[C@@H]1CCCN1C(=O)C(CC(=O)[C@@H]([NH3+])C(C)O[C@H]1OC(CO)[C@H](O)[C@H](O[C@@H]2OC(CO)[C@H](O)[C@H](O)C2O)C1C)C(C)C)C(=O)N[C@@H](CO)C(=O)CC(C(=O)N[C@H](C(=O)CC(C(=O)N[C@@H](CO)C(=O)[O-])C(C)C)C(C)C)C(C)C. The predicted octanol–water partition coefficient (Wildman–Crippen LogP) is -4.97. The molecule has 0 aromatic rings. The van der Waals surface area contributed by atoms with E-state index in [-0.39, 0.29) is 25.8 Å². The summed E-state index contributed by atoms with van der Waals surface area (Å²) >= 11 is 0. The Bertz CT molecular complexity index is 2160. The van der Waals surface area contributed by atoms with Gasteiger partial charge in [0.15, 0.2) is 41.8 Å². The van der Waals surface area contributed by atoms with Crippen LogP contribution in [0.1, 0.15) is 115 Å². The summed E-state index contributed by atoms with van der Waals surface area (Å²) in [6, 6.07) is -6.38. The van der Waals surface area contributed by atoms with E-state index < -0.39 is 237 Å². The van der Waals surface area contributed by atoms with Crippen molar-refractivity contribution in [1.82, 2.24) is 20.9 Å². The van der Waals surface area contributed by atoms with Gasteiger partial charge in [-0.3, -0.25) is 38.4 Å². The molecule has 27 heteroatoms. The number of carboxylic acids is 1. The number of ketones is 4. The summed E-state index contributed by atoms with van der Waals surface area (Å²) in [7, 11) is 0. The highest BCUT2D eigenvalue weighted by Gasteiger charge is 2.51. The van der Waals surface area contributed by atoms with Crippen LogP contribution in [0, 0.1) is 53.3 Å². The molecule has 3 fully saturated rings. The largest absolute Gasteiger partial charge is 0.548 e. The highest BCUT2D eigenvalue weighted by atomic mass is 16.7. The number of carbonyl (C=O) groups is 9. The molecular weight excluding hydrogens is 1080 g/mol. The number of ether oxygens (including phenoxy) is 4. The van der Waals surface area contributed by atoms with E-state index in [9.17, 15) is 89.1 Å². The molecule has 0 bridgehead atoms. The minimum absolute atomic E-state index is 0.188. The van der Waals surface area contributed by atoms with Crippen LogP contribution in [0.2, 0.25) is 0 Å². The number of aliphatic hydroxyl groups is 8. The third kappa shape index (κ3) is 18.8. The molecule has 470 valence electrons. The Morgan fingerprint density at radius 1 is 0.610 bits per heavy atom. The van der Waals surface area contributed by atoms with Gasteiger partial charge < -0.3 is 96.3 Å². The Morgan fingerprint density at radius 3 is 1.62 bits per heavy atom. The molecule has 0 aliphatic carbocycles. The Morgan fingerprint density at radius 2 is 1.11 bits per heavy atom. The molecule has 9 unspecified atom stereocenters. The molecule has 3 saturated heterocycles. The van der Waals surface area contributed by atoms with Crippen molar-refractivity contribution in [1.29, 1.82) is 0 Å². The maximum atomic E-state index is 14.3. The van der Waals surface area contributed by atoms with Gasteiger partial charge in [-0.05, 0) is 43.4 Å². The number of carbonyl (C=O) groups excluding carboxylic acids is 9. The van der Waals surface area contributed by atoms with Crippen LogP contribution in [-0.2, 0) is 62.1 Å². The van der Waals surface area contributed by atoms with Crippen LogP contribution in [0.4, 0.5) is 0 Å². The monoisotopic (exact) mass is 1180 g/mol. The average molecular weight is 1180 g/mol. The van der Waals surface area contributed by atoms with Gasteiger partial charge in [0.1, 0.15) is 48.8 Å². The first kappa shape index (κ1) is 71.8. The number of aliphatic hydroxyl groups excluding tert-OH is 8. The van der Waals surface area contributed by atoms with E-state index in [1.807, 2.05) is 0 Å². The molecule has 3 aliphatic heterocycles. The number of likely N-dealkylation sites (tertiary alicyclic amines) is 1. The first-order chi connectivity index (χ1) is 38.3. The summed E-state index contributed by atoms with van der Waals surface area (Å²) in [6.07, 6.45) is -15.3. The van der Waals surface area contributed by atoms with Crippen molar-refractivity contribution < 1.29 is 114 Å². The van der Waals surface area contributed by atoms with Crippen molar-refractivity contribution in [2.24, 2.45) is 53.3 Å². The predicted molar refractivity (Wildman–Crippen MR) is 284 cm³/mol. The van der Waals surface area contributed by atoms with Gasteiger partial charge in [-0.15, -0.1) is 0 Å². The number of Topliss-reactive ketones (excluding diaryl/α,β-unsaturated/α-hetero) is 4. The fourth-order valence-electron chi connectivity index (χ4n) is 10.4. The second-order valence-corrected chi connectivity index (χ2v) is 23.7. The van der Waals surface area contributed by atoms with Crippen molar-refractivity contribution in [3.8, 4) is 0 Å². The third-order valence-electron chi connectivity index (χ3n) is 16.1. The summed E-state index contributed by atoms with van der Waals surface area (Å²) < 4.78 is 23.3. The van der Waals surface area contributed by atoms with Crippen LogP contribution < -0.4 is 26.8 Å². The summed E-state index contributed by atoms with van der Waals surface area (Å²) in [5.74, 6) is -13.4. The van der Waals surface area contributed by atoms with Crippen molar-refractivity contribution in [3.63, 3.8) is 0 Å². The number of hydrogen-bond donors (Lipinski definition) is 12. The molecule has 0 aromatic carbocycles. The fraction of sp³-hybridized carbons (Fsp3) is 0.836. The number of aliphatic carboxylic acids is 1. The second-order valence-electron chi connectivity index (χ2n) is 23.7. The minimum atomic E-state index is -1.80. The van der Waals surface area contributed by atoms with Gasteiger partial charge in [0.2, 0.25) is 23.6 Å². The number of carboxylic acid groups (broad SMARTS) is 1. The van der Waals surface area contributed by atoms with Gasteiger partial charge in [-0.1, -0.05) is 69.2 Å². The summed E-state index contributed by atoms with van der Waals surface area (Å²) in [6.45, 7) is 14.9. The highest BCUT2D eigenvalue weighted by Crippen LogP contribution is 2.34. The smallest absolute Gasteiger partial charge is 0.227 e. The lowest BCUT2D eigenvalue weighted by Gasteiger charge is -2.47. The molecule has 3 heterocycles. The highest BCUT2D eigenvalue weighted by molar-refractivity contribution is 5.98. The molecule has 0 aromatic heterocycles. The standard InChI is InChI=1S/C55H93N5O22/c1-23(2)30(51(75)59-43(26(7)8)39(68)17-31(24(3)4)50(74)58-34(20-62)53(77)78)16-36(65)33(19-61)57-49(73)27(9)15-37(66)35-13-12-14-60(35)52(76)32(25(5)6)18-38(67)42(56)29(11)79-54-28(10)48(45(70)41(22-64)80-54)82-55-47(72)46(71)44(69)40(21-63)81-55/h23-35,40-48,54-55,61-64,69-72H,12-22,56H2,1-11H3,(H,57,73)(H,58,74)(H,59,75)(H,77,78)/t27?,28?,29?,30?,31?,32?,33-,34-,35-,40?,41?,42-,43-,44-,45-,46-,47?,48+,54-,55-/m0/s1. The van der Waals surface area contributed by atoms with E-state index in [1.165, 1.54) is 18.7 Å². The maximum absolute atomic E-state index is 14.3. The first-order valence-corrected chi connectivity index (χ1v) is 28.4. The van der Waals surface area contributed by atoms with Crippen LogP contribution in [0.3, 0.4) is 0 Å². The van der Waals surface area contributed by atoms with Crippen molar-refractivity contribution in [2.45, 2.75) is 206 Å². The molecule has 0 saturated carbocycles. The van der Waals surface area contributed by atoms with Gasteiger partial charge in [0.25, 0.3) is 0 Å². The Labute approximate surface area is 478 Å². The van der Waals surface area contributed by atoms with Crippen LogP contribution >= 0.6 is 0 Å². The number of nitrogens with one attached hydrogen (secondary N) is 3. The molecule has 3 rings (SSSR count). The summed E-state index contributed by atoms with van der Waals surface area (Å²) in [5, 5.41) is 100. The topological polar surface area (TPSA) is 442 Å². The lowest BCUT2D eigenvalue weighted by Crippen LogP contribution is -2.71. The first-order valence-electron chi connectivity index (χ1n) is 28.4. The zero-order chi connectivity index (χ0) is 62.4. The number of hydrogen-bond acceptors (Lipinski definition) is 22. The van der Waals surface area contributed by atoms with Gasteiger partial charge >= 0.3 is 0 Å². The van der Waals surface area contributed by atoms with Crippen molar-refractivity contribution in [2.75, 3.05) is 33.0 Å². The zero-order valence-electron chi connectivity index (χ0n) is 49.1. The zero-order valence-corrected chi connectivity index (χ0v) is 49.1. The fourth-order valence-corrected chi connectivity index (χ4v) is 10.4. The van der Waals surface area contributed by atoms with Crippen molar-refractivity contribution >= 4 is 52.7 Å². The lowest BCUT2D eigenvalue weighted by molar-refractivity contribution is -0.432. The van der Waals surface area contributed by atoms with Gasteiger partial charge in [0.05, 0.1) is 56.6 Å². The van der Waals surface area contributed by atoms with E-state index in [4.69, 9.17) is 18.9 Å². The summed E-state index contributed by atoms with van der Waals surface area (Å²) in [4.78, 5) is 123. The van der Waals surface area contributed by atoms with E-state index in [0.717, 1.165) is 0 Å². The molecular formula is C55H93N5O22. The van der Waals surface area contributed by atoms with Crippen molar-refractivity contribution in [3.05, 3.63) is 0 Å². The Hall–Kier alpha value is -4.49. The number of rotatable bonds is 33. The van der Waals surface area contributed by atoms with E-state index >= 15 is 0 Å². The minimum Gasteiger partial charge on any atom is -0.548 e.